The lowest BCUT2D eigenvalue weighted by Gasteiger charge is -2.06. The number of para-hydroxylation sites is 1. The number of ether oxygens (including phenoxy) is 1. The lowest BCUT2D eigenvalue weighted by Crippen LogP contribution is -2.16. The van der Waals surface area contributed by atoms with Crippen LogP contribution in [0.4, 0.5) is 10.3 Å². The Hall–Kier alpha value is -2.74. The number of halogens is 2. The second-order valence-corrected chi connectivity index (χ2v) is 6.39. The number of hydrogen-bond acceptors (Lipinski definition) is 4. The van der Waals surface area contributed by atoms with Gasteiger partial charge in [0.1, 0.15) is 6.33 Å². The van der Waals surface area contributed by atoms with Gasteiger partial charge < -0.3 is 4.74 Å². The topological polar surface area (TPSA) is 69.0 Å². The minimum absolute atomic E-state index is 0.0610. The van der Waals surface area contributed by atoms with Gasteiger partial charge in [-0.2, -0.15) is 0 Å². The molecule has 2 aromatic carbocycles. The number of aromatic nitrogens is 3. The van der Waals surface area contributed by atoms with Crippen LogP contribution >= 0.6 is 15.9 Å². The van der Waals surface area contributed by atoms with Gasteiger partial charge in [-0.1, -0.05) is 40.2 Å². The molecule has 0 saturated carbocycles. The Bertz CT molecular complexity index is 900. The normalized spacial score (nSPS) is 10.5. The summed E-state index contributed by atoms with van der Waals surface area (Å²) in [5, 5.41) is 6.81. The maximum atomic E-state index is 13.4. The van der Waals surface area contributed by atoms with Crippen molar-refractivity contribution in [1.29, 1.82) is 0 Å². The van der Waals surface area contributed by atoms with E-state index < -0.39 is 5.82 Å². The van der Waals surface area contributed by atoms with E-state index in [4.69, 9.17) is 4.74 Å². The number of hydrogen-bond donors (Lipinski definition) is 1. The van der Waals surface area contributed by atoms with Crippen molar-refractivity contribution in [3.8, 4) is 5.75 Å². The van der Waals surface area contributed by atoms with E-state index in [-0.39, 0.29) is 30.6 Å². The molecule has 0 spiro atoms. The zero-order valence-corrected chi connectivity index (χ0v) is 15.3. The molecule has 0 unspecified atom stereocenters. The number of amides is 1. The molecule has 0 fully saturated rings. The fourth-order valence-corrected chi connectivity index (χ4v) is 2.70. The highest BCUT2D eigenvalue weighted by molar-refractivity contribution is 9.10. The predicted molar refractivity (Wildman–Crippen MR) is 98.4 cm³/mol. The number of anilines is 1. The van der Waals surface area contributed by atoms with Gasteiger partial charge in [-0.25, -0.2) is 14.1 Å². The SMILES string of the molecule is O=C(CCOc1ccccc1F)Nc1ncn(Cc2cccc(Br)c2)n1. The van der Waals surface area contributed by atoms with E-state index in [9.17, 15) is 9.18 Å². The third-order valence-electron chi connectivity index (χ3n) is 3.44. The van der Waals surface area contributed by atoms with E-state index in [1.54, 1.807) is 23.1 Å². The third-order valence-corrected chi connectivity index (χ3v) is 3.94. The molecule has 134 valence electrons. The average Bonchev–Trinajstić information content (AvgIpc) is 3.03. The average molecular weight is 419 g/mol. The molecule has 26 heavy (non-hydrogen) atoms. The third kappa shape index (κ3) is 5.13. The summed E-state index contributed by atoms with van der Waals surface area (Å²) < 4.78 is 21.3. The van der Waals surface area contributed by atoms with Gasteiger partial charge in [0.15, 0.2) is 11.6 Å². The number of carbonyl (C=O) groups is 1. The van der Waals surface area contributed by atoms with Crippen LogP contribution in [0.2, 0.25) is 0 Å². The molecule has 1 heterocycles. The van der Waals surface area contributed by atoms with Gasteiger partial charge in [0.25, 0.3) is 0 Å². The van der Waals surface area contributed by atoms with E-state index >= 15 is 0 Å². The Morgan fingerprint density at radius 2 is 2.08 bits per heavy atom. The maximum Gasteiger partial charge on any atom is 0.248 e. The molecule has 6 nitrogen and oxygen atoms in total. The van der Waals surface area contributed by atoms with Crippen molar-refractivity contribution in [3.05, 3.63) is 70.7 Å². The molecule has 3 aromatic rings. The van der Waals surface area contributed by atoms with Gasteiger partial charge in [-0.3, -0.25) is 10.1 Å². The zero-order valence-electron chi connectivity index (χ0n) is 13.7. The summed E-state index contributed by atoms with van der Waals surface area (Å²) in [5.41, 5.74) is 1.06. The molecule has 0 radical (unpaired) electrons. The van der Waals surface area contributed by atoms with Crippen molar-refractivity contribution in [1.82, 2.24) is 14.8 Å². The van der Waals surface area contributed by atoms with Crippen LogP contribution in [0.25, 0.3) is 0 Å². The van der Waals surface area contributed by atoms with Gasteiger partial charge in [0.05, 0.1) is 19.6 Å². The quantitative estimate of drug-likeness (QED) is 0.635. The number of benzene rings is 2. The smallest absolute Gasteiger partial charge is 0.248 e. The molecule has 0 atom stereocenters. The molecule has 0 aliphatic rings. The largest absolute Gasteiger partial charge is 0.490 e. The summed E-state index contributed by atoms with van der Waals surface area (Å²) >= 11 is 3.42. The Balaban J connectivity index is 1.47. The fraction of sp³-hybridized carbons (Fsp3) is 0.167. The van der Waals surface area contributed by atoms with Crippen molar-refractivity contribution < 1.29 is 13.9 Å². The van der Waals surface area contributed by atoms with Crippen LogP contribution in [0.15, 0.2) is 59.3 Å². The minimum atomic E-state index is -0.458. The summed E-state index contributed by atoms with van der Waals surface area (Å²) in [4.78, 5) is 16.0. The molecule has 8 heteroatoms. The highest BCUT2D eigenvalue weighted by Gasteiger charge is 2.08. The van der Waals surface area contributed by atoms with E-state index in [0.717, 1.165) is 10.0 Å². The van der Waals surface area contributed by atoms with Gasteiger partial charge in [-0.15, -0.1) is 5.10 Å². The van der Waals surface area contributed by atoms with Crippen molar-refractivity contribution >= 4 is 27.8 Å². The van der Waals surface area contributed by atoms with Crippen molar-refractivity contribution in [3.63, 3.8) is 0 Å². The number of carbonyl (C=O) groups excluding carboxylic acids is 1. The van der Waals surface area contributed by atoms with Crippen molar-refractivity contribution in [2.45, 2.75) is 13.0 Å². The molecule has 1 N–H and O–H groups in total. The summed E-state index contributed by atoms with van der Waals surface area (Å²) in [6.07, 6.45) is 1.61. The first-order valence-corrected chi connectivity index (χ1v) is 8.70. The lowest BCUT2D eigenvalue weighted by atomic mass is 10.2. The zero-order chi connectivity index (χ0) is 18.4. The van der Waals surface area contributed by atoms with E-state index in [1.807, 2.05) is 24.3 Å². The molecule has 0 aliphatic carbocycles. The predicted octanol–water partition coefficient (Wildman–Crippen LogP) is 3.64. The van der Waals surface area contributed by atoms with Crippen molar-refractivity contribution in [2.75, 3.05) is 11.9 Å². The Kier molecular flexibility index (Phi) is 5.96. The van der Waals surface area contributed by atoms with E-state index in [0.29, 0.717) is 6.54 Å². The van der Waals surface area contributed by atoms with Gasteiger partial charge in [-0.05, 0) is 29.8 Å². The Labute approximate surface area is 158 Å². The molecule has 1 amide bonds. The van der Waals surface area contributed by atoms with Crippen LogP contribution in [0.3, 0.4) is 0 Å². The highest BCUT2D eigenvalue weighted by Crippen LogP contribution is 2.15. The van der Waals surface area contributed by atoms with Gasteiger partial charge >= 0.3 is 0 Å². The van der Waals surface area contributed by atoms with E-state index in [1.165, 1.54) is 12.1 Å². The van der Waals surface area contributed by atoms with Crippen LogP contribution in [0, 0.1) is 5.82 Å². The van der Waals surface area contributed by atoms with Crippen LogP contribution < -0.4 is 10.1 Å². The van der Waals surface area contributed by atoms with Crippen LogP contribution in [0.5, 0.6) is 5.75 Å². The van der Waals surface area contributed by atoms with Crippen LogP contribution in [-0.2, 0) is 11.3 Å². The molecule has 0 aliphatic heterocycles. The van der Waals surface area contributed by atoms with Crippen LogP contribution in [0.1, 0.15) is 12.0 Å². The van der Waals surface area contributed by atoms with Crippen molar-refractivity contribution in [2.24, 2.45) is 0 Å². The Morgan fingerprint density at radius 1 is 1.23 bits per heavy atom. The Morgan fingerprint density at radius 3 is 2.88 bits per heavy atom. The van der Waals surface area contributed by atoms with Gasteiger partial charge in [0.2, 0.25) is 11.9 Å². The molecular weight excluding hydrogens is 403 g/mol. The molecule has 1 aromatic heterocycles. The lowest BCUT2D eigenvalue weighted by molar-refractivity contribution is -0.116. The number of nitrogens with zero attached hydrogens (tertiary/aromatic N) is 3. The first kappa shape index (κ1) is 18.1. The summed E-state index contributed by atoms with van der Waals surface area (Å²) in [7, 11) is 0. The minimum Gasteiger partial charge on any atom is -0.490 e. The molecular formula is C18H16BrFN4O2. The first-order chi connectivity index (χ1) is 12.6. The monoisotopic (exact) mass is 418 g/mol. The summed E-state index contributed by atoms with van der Waals surface area (Å²) in [5.74, 6) is -0.421. The van der Waals surface area contributed by atoms with E-state index in [2.05, 4.69) is 31.3 Å². The standard InChI is InChI=1S/C18H16BrFN4O2/c19-14-5-3-4-13(10-14)11-24-12-21-18(23-24)22-17(25)8-9-26-16-7-2-1-6-15(16)20/h1-7,10,12H,8-9,11H2,(H,22,23,25). The summed E-state index contributed by atoms with van der Waals surface area (Å²) in [6.45, 7) is 0.601. The second-order valence-electron chi connectivity index (χ2n) is 5.47. The second kappa shape index (κ2) is 8.57. The van der Waals surface area contributed by atoms with Crippen LogP contribution in [-0.4, -0.2) is 27.3 Å². The summed E-state index contributed by atoms with van der Waals surface area (Å²) in [6, 6.07) is 13.9. The maximum absolute atomic E-state index is 13.4. The first-order valence-electron chi connectivity index (χ1n) is 7.91. The number of rotatable bonds is 7. The fourth-order valence-electron chi connectivity index (χ4n) is 2.25. The number of nitrogens with one attached hydrogen (secondary N) is 1. The highest BCUT2D eigenvalue weighted by atomic mass is 79.9. The van der Waals surface area contributed by atoms with Gasteiger partial charge in [0, 0.05) is 4.47 Å². The molecule has 0 saturated heterocycles. The molecule has 3 rings (SSSR count). The molecule has 0 bridgehead atoms.